The molecule has 0 aromatic heterocycles. The van der Waals surface area contributed by atoms with Crippen molar-refractivity contribution >= 4 is 17.8 Å². The third-order valence-electron chi connectivity index (χ3n) is 3.50. The van der Waals surface area contributed by atoms with Gasteiger partial charge in [0.2, 0.25) is 0 Å². The van der Waals surface area contributed by atoms with Crippen LogP contribution < -0.4 is 5.32 Å². The van der Waals surface area contributed by atoms with E-state index in [4.69, 9.17) is 9.84 Å². The standard InChI is InChI=1S/C15H17NO5/c17-11-6-7-13(12(8-11)14(18)19)16-15(20)21-9-10-4-2-1-3-5-10/h1-5,12-13H,6-9H2,(H,16,20)(H,18,19)/t12-,13+/m0/s1. The third kappa shape index (κ3) is 4.30. The topological polar surface area (TPSA) is 92.7 Å². The number of nitrogens with one attached hydrogen (secondary N) is 1. The van der Waals surface area contributed by atoms with E-state index in [1.807, 2.05) is 30.3 Å². The molecular weight excluding hydrogens is 274 g/mol. The van der Waals surface area contributed by atoms with Gasteiger partial charge in [0.1, 0.15) is 12.4 Å². The Morgan fingerprint density at radius 1 is 1.29 bits per heavy atom. The number of hydrogen-bond acceptors (Lipinski definition) is 4. The molecule has 1 aliphatic rings. The Labute approximate surface area is 122 Å². The lowest BCUT2D eigenvalue weighted by atomic mass is 9.84. The molecule has 0 radical (unpaired) electrons. The number of ketones is 1. The van der Waals surface area contributed by atoms with Crippen LogP contribution in [0.3, 0.4) is 0 Å². The van der Waals surface area contributed by atoms with E-state index in [1.54, 1.807) is 0 Å². The van der Waals surface area contributed by atoms with Crippen molar-refractivity contribution < 1.29 is 24.2 Å². The van der Waals surface area contributed by atoms with Crippen LogP contribution in [0.25, 0.3) is 0 Å². The Hall–Kier alpha value is -2.37. The van der Waals surface area contributed by atoms with E-state index in [0.717, 1.165) is 5.56 Å². The van der Waals surface area contributed by atoms with E-state index in [-0.39, 0.29) is 25.2 Å². The third-order valence-corrected chi connectivity index (χ3v) is 3.50. The molecule has 0 unspecified atom stereocenters. The Kier molecular flexibility index (Phi) is 4.92. The van der Waals surface area contributed by atoms with Gasteiger partial charge in [-0.1, -0.05) is 30.3 Å². The summed E-state index contributed by atoms with van der Waals surface area (Å²) in [6.45, 7) is 0.121. The van der Waals surface area contributed by atoms with Crippen LogP contribution in [0, 0.1) is 5.92 Å². The Morgan fingerprint density at radius 3 is 2.67 bits per heavy atom. The van der Waals surface area contributed by atoms with Crippen LogP contribution in [-0.4, -0.2) is 29.0 Å². The molecule has 0 spiro atoms. The van der Waals surface area contributed by atoms with Crippen molar-refractivity contribution in [2.45, 2.75) is 31.9 Å². The summed E-state index contributed by atoms with van der Waals surface area (Å²) in [5.74, 6) is -2.04. The lowest BCUT2D eigenvalue weighted by Crippen LogP contribution is -2.47. The Balaban J connectivity index is 1.86. The molecule has 1 aromatic carbocycles. The highest BCUT2D eigenvalue weighted by Crippen LogP contribution is 2.22. The molecule has 1 amide bonds. The molecule has 21 heavy (non-hydrogen) atoms. The fourth-order valence-corrected chi connectivity index (χ4v) is 2.36. The van der Waals surface area contributed by atoms with Crippen molar-refractivity contribution in [3.63, 3.8) is 0 Å². The van der Waals surface area contributed by atoms with E-state index in [2.05, 4.69) is 5.32 Å². The average Bonchev–Trinajstić information content (AvgIpc) is 2.48. The van der Waals surface area contributed by atoms with E-state index in [9.17, 15) is 14.4 Å². The van der Waals surface area contributed by atoms with Gasteiger partial charge in [-0.2, -0.15) is 0 Å². The molecule has 1 aromatic rings. The summed E-state index contributed by atoms with van der Waals surface area (Å²) in [4.78, 5) is 34.2. The van der Waals surface area contributed by atoms with Gasteiger partial charge >= 0.3 is 12.1 Å². The number of alkyl carbamates (subject to hydrolysis) is 1. The fourth-order valence-electron chi connectivity index (χ4n) is 2.36. The lowest BCUT2D eigenvalue weighted by molar-refractivity contribution is -0.146. The number of carboxylic acids is 1. The van der Waals surface area contributed by atoms with Gasteiger partial charge in [0.05, 0.1) is 5.92 Å². The van der Waals surface area contributed by atoms with Gasteiger partial charge < -0.3 is 15.2 Å². The van der Waals surface area contributed by atoms with E-state index >= 15 is 0 Å². The number of aliphatic carboxylic acids is 1. The van der Waals surface area contributed by atoms with Gasteiger partial charge in [-0.25, -0.2) is 4.79 Å². The van der Waals surface area contributed by atoms with E-state index in [0.29, 0.717) is 6.42 Å². The molecule has 112 valence electrons. The number of hydrogen-bond donors (Lipinski definition) is 2. The first-order valence-electron chi connectivity index (χ1n) is 6.78. The van der Waals surface area contributed by atoms with Gasteiger partial charge in [-0.15, -0.1) is 0 Å². The van der Waals surface area contributed by atoms with Crippen LogP contribution in [0.2, 0.25) is 0 Å². The van der Waals surface area contributed by atoms with Crippen LogP contribution >= 0.6 is 0 Å². The van der Waals surface area contributed by atoms with Crippen LogP contribution in [0.15, 0.2) is 30.3 Å². The highest BCUT2D eigenvalue weighted by Gasteiger charge is 2.35. The van der Waals surface area contributed by atoms with Crippen molar-refractivity contribution in [3.8, 4) is 0 Å². The summed E-state index contributed by atoms with van der Waals surface area (Å²) in [6, 6.07) is 8.62. The summed E-state index contributed by atoms with van der Waals surface area (Å²) in [5, 5.41) is 11.6. The van der Waals surface area contributed by atoms with Crippen molar-refractivity contribution in [1.82, 2.24) is 5.32 Å². The number of carbonyl (C=O) groups is 3. The van der Waals surface area contributed by atoms with Crippen LogP contribution in [0.5, 0.6) is 0 Å². The number of Topliss-reactive ketones (excluding diaryl/α,β-unsaturated/α-hetero) is 1. The second-order valence-corrected chi connectivity index (χ2v) is 5.04. The minimum atomic E-state index is -1.07. The molecule has 1 fully saturated rings. The maximum absolute atomic E-state index is 11.7. The smallest absolute Gasteiger partial charge is 0.407 e. The number of benzene rings is 1. The highest BCUT2D eigenvalue weighted by atomic mass is 16.5. The molecule has 0 saturated heterocycles. The molecule has 2 rings (SSSR count). The second kappa shape index (κ2) is 6.88. The number of amides is 1. The quantitative estimate of drug-likeness (QED) is 0.881. The minimum Gasteiger partial charge on any atom is -0.481 e. The summed E-state index contributed by atoms with van der Waals surface area (Å²) in [7, 11) is 0. The van der Waals surface area contributed by atoms with Crippen LogP contribution in [0.1, 0.15) is 24.8 Å². The zero-order valence-electron chi connectivity index (χ0n) is 11.5. The van der Waals surface area contributed by atoms with Gasteiger partial charge in [0.15, 0.2) is 0 Å². The van der Waals surface area contributed by atoms with Crippen LogP contribution in [-0.2, 0) is 20.9 Å². The van der Waals surface area contributed by atoms with Gasteiger partial charge in [0.25, 0.3) is 0 Å². The average molecular weight is 291 g/mol. The lowest BCUT2D eigenvalue weighted by Gasteiger charge is -2.28. The fraction of sp³-hybridized carbons (Fsp3) is 0.400. The molecule has 1 saturated carbocycles. The number of carboxylic acid groups (broad SMARTS) is 1. The molecule has 2 atom stereocenters. The summed E-state index contributed by atoms with van der Waals surface area (Å²) in [5.41, 5.74) is 0.848. The first-order valence-corrected chi connectivity index (χ1v) is 6.78. The monoisotopic (exact) mass is 291 g/mol. The molecule has 0 aliphatic heterocycles. The summed E-state index contributed by atoms with van der Waals surface area (Å²) in [6.07, 6.45) is -0.0905. The van der Waals surface area contributed by atoms with E-state index in [1.165, 1.54) is 0 Å². The SMILES string of the molecule is O=C1CC[C@@H](NC(=O)OCc2ccccc2)[C@@H](C(=O)O)C1. The maximum Gasteiger partial charge on any atom is 0.407 e. The summed E-state index contributed by atoms with van der Waals surface area (Å²) < 4.78 is 5.06. The molecule has 6 heteroatoms. The first-order chi connectivity index (χ1) is 10.1. The largest absolute Gasteiger partial charge is 0.481 e. The first kappa shape index (κ1) is 15.0. The maximum atomic E-state index is 11.7. The molecular formula is C15H17NO5. The van der Waals surface area contributed by atoms with Crippen molar-refractivity contribution in [3.05, 3.63) is 35.9 Å². The molecule has 0 bridgehead atoms. The van der Waals surface area contributed by atoms with Gasteiger partial charge in [-0.05, 0) is 12.0 Å². The van der Waals surface area contributed by atoms with Gasteiger partial charge in [-0.3, -0.25) is 9.59 Å². The molecule has 6 nitrogen and oxygen atoms in total. The number of rotatable bonds is 4. The summed E-state index contributed by atoms with van der Waals surface area (Å²) >= 11 is 0. The molecule has 1 aliphatic carbocycles. The van der Waals surface area contributed by atoms with Crippen LogP contribution in [0.4, 0.5) is 4.79 Å². The van der Waals surface area contributed by atoms with Gasteiger partial charge in [0, 0.05) is 18.9 Å². The van der Waals surface area contributed by atoms with E-state index < -0.39 is 24.0 Å². The van der Waals surface area contributed by atoms with Crippen molar-refractivity contribution in [1.29, 1.82) is 0 Å². The number of ether oxygens (including phenoxy) is 1. The second-order valence-electron chi connectivity index (χ2n) is 5.04. The Bertz CT molecular complexity index is 528. The normalized spacial score (nSPS) is 21.6. The zero-order chi connectivity index (χ0) is 15.2. The van der Waals surface area contributed by atoms with Crippen molar-refractivity contribution in [2.24, 2.45) is 5.92 Å². The zero-order valence-corrected chi connectivity index (χ0v) is 11.5. The Morgan fingerprint density at radius 2 is 2.00 bits per heavy atom. The minimum absolute atomic E-state index is 0.0427. The highest BCUT2D eigenvalue weighted by molar-refractivity contribution is 5.86. The predicted molar refractivity (Wildman–Crippen MR) is 73.5 cm³/mol. The predicted octanol–water partition coefficient (Wildman–Crippen LogP) is 1.74. The molecule has 2 N–H and O–H groups in total. The number of carbonyl (C=O) groups excluding carboxylic acids is 2. The van der Waals surface area contributed by atoms with Crippen molar-refractivity contribution in [2.75, 3.05) is 0 Å². The molecule has 0 heterocycles.